The normalized spacial score (nSPS) is 10.5. The molecule has 3 aromatic rings. The number of anilines is 1. The van der Waals surface area contributed by atoms with E-state index in [4.69, 9.17) is 4.42 Å². The van der Waals surface area contributed by atoms with Crippen molar-refractivity contribution in [2.24, 2.45) is 0 Å². The van der Waals surface area contributed by atoms with Gasteiger partial charge in [0.1, 0.15) is 5.00 Å². The molecule has 0 fully saturated rings. The molecule has 0 aromatic carbocycles. The Morgan fingerprint density at radius 2 is 2.04 bits per heavy atom. The van der Waals surface area contributed by atoms with Gasteiger partial charge in [0, 0.05) is 23.8 Å². The van der Waals surface area contributed by atoms with E-state index >= 15 is 0 Å². The Bertz CT molecular complexity index is 886. The molecule has 0 radical (unpaired) electrons. The van der Waals surface area contributed by atoms with E-state index in [2.05, 4.69) is 15.6 Å². The van der Waals surface area contributed by atoms with Crippen LogP contribution >= 0.6 is 11.3 Å². The average molecular weight is 355 g/mol. The minimum atomic E-state index is -0.382. The van der Waals surface area contributed by atoms with Crippen LogP contribution in [0.5, 0.6) is 0 Å². The molecule has 0 bridgehead atoms. The predicted molar refractivity (Wildman–Crippen MR) is 95.9 cm³/mol. The molecule has 128 valence electrons. The van der Waals surface area contributed by atoms with Gasteiger partial charge in [-0.05, 0) is 43.2 Å². The molecule has 0 aliphatic carbocycles. The lowest BCUT2D eigenvalue weighted by molar-refractivity contribution is 0.0951. The summed E-state index contributed by atoms with van der Waals surface area (Å²) in [6.45, 7) is 4.15. The molecule has 6 nitrogen and oxygen atoms in total. The van der Waals surface area contributed by atoms with Crippen LogP contribution in [0.3, 0.4) is 0 Å². The summed E-state index contributed by atoms with van der Waals surface area (Å²) in [5, 5.41) is 6.15. The van der Waals surface area contributed by atoms with Crippen molar-refractivity contribution in [3.8, 4) is 0 Å². The van der Waals surface area contributed by atoms with Crippen molar-refractivity contribution in [1.29, 1.82) is 0 Å². The van der Waals surface area contributed by atoms with Gasteiger partial charge in [-0.2, -0.15) is 0 Å². The van der Waals surface area contributed by atoms with Crippen LogP contribution in [-0.2, 0) is 6.54 Å². The van der Waals surface area contributed by atoms with E-state index in [0.717, 1.165) is 16.0 Å². The predicted octanol–water partition coefficient (Wildman–Crippen LogP) is 3.54. The summed E-state index contributed by atoms with van der Waals surface area (Å²) < 4.78 is 5.10. The Kier molecular flexibility index (Phi) is 4.95. The second kappa shape index (κ2) is 7.31. The summed E-state index contributed by atoms with van der Waals surface area (Å²) in [6, 6.07) is 6.92. The van der Waals surface area contributed by atoms with Crippen LogP contribution in [-0.4, -0.2) is 16.8 Å². The van der Waals surface area contributed by atoms with Crippen molar-refractivity contribution in [1.82, 2.24) is 10.3 Å². The molecule has 3 heterocycles. The lowest BCUT2D eigenvalue weighted by atomic mass is 10.1. The molecular formula is C18H17N3O3S. The van der Waals surface area contributed by atoms with Crippen molar-refractivity contribution in [3.05, 3.63) is 70.3 Å². The van der Waals surface area contributed by atoms with Gasteiger partial charge < -0.3 is 15.1 Å². The number of thiophene rings is 1. The topological polar surface area (TPSA) is 84.2 Å². The molecule has 0 atom stereocenters. The second-order valence-electron chi connectivity index (χ2n) is 5.46. The zero-order chi connectivity index (χ0) is 17.8. The van der Waals surface area contributed by atoms with Gasteiger partial charge in [0.25, 0.3) is 11.8 Å². The van der Waals surface area contributed by atoms with E-state index in [-0.39, 0.29) is 17.6 Å². The number of aromatic nitrogens is 1. The third-order valence-electron chi connectivity index (χ3n) is 3.76. The molecule has 0 aliphatic rings. The lowest BCUT2D eigenvalue weighted by Gasteiger charge is -2.08. The number of pyridine rings is 1. The summed E-state index contributed by atoms with van der Waals surface area (Å²) in [6.07, 6.45) is 4.81. The number of carbonyl (C=O) groups is 2. The number of furan rings is 1. The molecule has 25 heavy (non-hydrogen) atoms. The Labute approximate surface area is 148 Å². The van der Waals surface area contributed by atoms with Crippen molar-refractivity contribution in [2.75, 3.05) is 5.32 Å². The first-order valence-electron chi connectivity index (χ1n) is 7.68. The van der Waals surface area contributed by atoms with Crippen LogP contribution in [0, 0.1) is 13.8 Å². The second-order valence-corrected chi connectivity index (χ2v) is 6.69. The summed E-state index contributed by atoms with van der Waals surface area (Å²) in [5.74, 6) is -0.418. The summed E-state index contributed by atoms with van der Waals surface area (Å²) in [4.78, 5) is 29.9. The zero-order valence-corrected chi connectivity index (χ0v) is 14.6. The highest BCUT2D eigenvalue weighted by Crippen LogP contribution is 2.32. The Hall–Kier alpha value is -2.93. The van der Waals surface area contributed by atoms with E-state index < -0.39 is 0 Å². The van der Waals surface area contributed by atoms with E-state index in [1.807, 2.05) is 26.0 Å². The maximum atomic E-state index is 12.6. The molecule has 3 rings (SSSR count). The summed E-state index contributed by atoms with van der Waals surface area (Å²) in [5.41, 5.74) is 2.23. The Morgan fingerprint density at radius 1 is 1.20 bits per heavy atom. The first kappa shape index (κ1) is 16.9. The number of rotatable bonds is 5. The fourth-order valence-corrected chi connectivity index (χ4v) is 3.39. The highest BCUT2D eigenvalue weighted by atomic mass is 32.1. The molecular weight excluding hydrogens is 338 g/mol. The smallest absolute Gasteiger partial charge is 0.291 e. The van der Waals surface area contributed by atoms with Gasteiger partial charge in [0.05, 0.1) is 11.8 Å². The first-order valence-corrected chi connectivity index (χ1v) is 8.50. The van der Waals surface area contributed by atoms with Gasteiger partial charge in [-0.3, -0.25) is 14.6 Å². The van der Waals surface area contributed by atoms with Gasteiger partial charge in [-0.15, -0.1) is 11.3 Å². The van der Waals surface area contributed by atoms with Crippen LogP contribution in [0.15, 0.2) is 47.3 Å². The van der Waals surface area contributed by atoms with Crippen molar-refractivity contribution in [3.63, 3.8) is 0 Å². The molecule has 0 saturated carbocycles. The number of nitrogens with one attached hydrogen (secondary N) is 2. The molecule has 7 heteroatoms. The fraction of sp³-hybridized carbons (Fsp3) is 0.167. The van der Waals surface area contributed by atoms with Crippen LogP contribution in [0.4, 0.5) is 5.00 Å². The zero-order valence-electron chi connectivity index (χ0n) is 13.8. The van der Waals surface area contributed by atoms with Crippen LogP contribution < -0.4 is 10.6 Å². The number of hydrogen-bond donors (Lipinski definition) is 2. The summed E-state index contributed by atoms with van der Waals surface area (Å²) >= 11 is 1.37. The number of hydrogen-bond acceptors (Lipinski definition) is 5. The molecule has 0 saturated heterocycles. The molecule has 0 unspecified atom stereocenters. The van der Waals surface area contributed by atoms with Gasteiger partial charge in [0.15, 0.2) is 5.76 Å². The Morgan fingerprint density at radius 3 is 2.72 bits per heavy atom. The Balaban J connectivity index is 1.78. The molecule has 2 N–H and O–H groups in total. The SMILES string of the molecule is Cc1sc(NC(=O)c2ccco2)c(C(=O)NCc2cccnc2)c1C. The van der Waals surface area contributed by atoms with Gasteiger partial charge in [0.2, 0.25) is 0 Å². The van der Waals surface area contributed by atoms with Crippen molar-refractivity contribution < 1.29 is 14.0 Å². The molecule has 0 spiro atoms. The van der Waals surface area contributed by atoms with Crippen molar-refractivity contribution >= 4 is 28.2 Å². The van der Waals surface area contributed by atoms with E-state index in [9.17, 15) is 9.59 Å². The quantitative estimate of drug-likeness (QED) is 0.733. The highest BCUT2D eigenvalue weighted by Gasteiger charge is 2.22. The van der Waals surface area contributed by atoms with E-state index in [1.54, 1.807) is 24.5 Å². The summed E-state index contributed by atoms with van der Waals surface area (Å²) in [7, 11) is 0. The minimum absolute atomic E-state index is 0.199. The number of carbonyl (C=O) groups excluding carboxylic acids is 2. The van der Waals surface area contributed by atoms with E-state index in [1.165, 1.54) is 17.6 Å². The van der Waals surface area contributed by atoms with Gasteiger partial charge in [-0.1, -0.05) is 6.07 Å². The molecule has 2 amide bonds. The molecule has 3 aromatic heterocycles. The fourth-order valence-electron chi connectivity index (χ4n) is 2.33. The highest BCUT2D eigenvalue weighted by molar-refractivity contribution is 7.16. The van der Waals surface area contributed by atoms with Crippen LogP contribution in [0.25, 0.3) is 0 Å². The third kappa shape index (κ3) is 3.77. The van der Waals surface area contributed by atoms with Crippen LogP contribution in [0.1, 0.15) is 36.9 Å². The maximum Gasteiger partial charge on any atom is 0.291 e. The monoisotopic (exact) mass is 355 g/mol. The van der Waals surface area contributed by atoms with Gasteiger partial charge in [-0.25, -0.2) is 0 Å². The van der Waals surface area contributed by atoms with Crippen LogP contribution in [0.2, 0.25) is 0 Å². The first-order chi connectivity index (χ1) is 12.1. The van der Waals surface area contributed by atoms with E-state index in [0.29, 0.717) is 17.1 Å². The standard InChI is InChI=1S/C18H17N3O3S/c1-11-12(2)25-18(21-16(22)14-6-4-8-24-14)15(11)17(23)20-10-13-5-3-7-19-9-13/h3-9H,10H2,1-2H3,(H,20,23)(H,21,22). The average Bonchev–Trinajstić information content (AvgIpc) is 3.23. The molecule has 0 aliphatic heterocycles. The number of nitrogens with zero attached hydrogens (tertiary/aromatic N) is 1. The van der Waals surface area contributed by atoms with Gasteiger partial charge >= 0.3 is 0 Å². The lowest BCUT2D eigenvalue weighted by Crippen LogP contribution is -2.24. The number of amides is 2. The minimum Gasteiger partial charge on any atom is -0.459 e. The third-order valence-corrected chi connectivity index (χ3v) is 4.88. The number of aryl methyl sites for hydroxylation is 1. The van der Waals surface area contributed by atoms with Crippen molar-refractivity contribution in [2.45, 2.75) is 20.4 Å². The largest absolute Gasteiger partial charge is 0.459 e. The maximum absolute atomic E-state index is 12.6.